The van der Waals surface area contributed by atoms with Gasteiger partial charge in [-0.25, -0.2) is 0 Å². The highest BCUT2D eigenvalue weighted by Crippen LogP contribution is 2.41. The number of hydrogen-bond donors (Lipinski definition) is 1. The van der Waals surface area contributed by atoms with Crippen LogP contribution in [0.4, 0.5) is 0 Å². The van der Waals surface area contributed by atoms with Crippen LogP contribution in [0.25, 0.3) is 10.9 Å². The molecule has 6 heteroatoms. The van der Waals surface area contributed by atoms with E-state index in [9.17, 15) is 4.79 Å². The highest BCUT2D eigenvalue weighted by atomic mass is 16.5. The second-order valence-electron chi connectivity index (χ2n) is 10.5. The van der Waals surface area contributed by atoms with E-state index in [-0.39, 0.29) is 17.2 Å². The molecule has 1 aromatic heterocycles. The number of amides is 1. The number of morpholine rings is 1. The molecule has 188 valence electrons. The minimum Gasteiger partial charge on any atom is -0.497 e. The highest BCUT2D eigenvalue weighted by Gasteiger charge is 2.31. The van der Waals surface area contributed by atoms with E-state index in [1.165, 1.54) is 22.0 Å². The third-order valence-corrected chi connectivity index (χ3v) is 7.00. The summed E-state index contributed by atoms with van der Waals surface area (Å²) in [5, 5.41) is 4.39. The molecule has 1 amide bonds. The first-order valence-corrected chi connectivity index (χ1v) is 12.6. The van der Waals surface area contributed by atoms with Crippen LogP contribution in [0.15, 0.2) is 54.7 Å². The van der Waals surface area contributed by atoms with E-state index in [1.807, 2.05) is 12.1 Å². The fourth-order valence-corrected chi connectivity index (χ4v) is 4.93. The van der Waals surface area contributed by atoms with Gasteiger partial charge in [0, 0.05) is 56.2 Å². The van der Waals surface area contributed by atoms with Crippen LogP contribution in [0, 0.1) is 5.41 Å². The topological polar surface area (TPSA) is 55.7 Å². The normalized spacial score (nSPS) is 15.8. The SMILES string of the molecule is COc1ccc(Cn2cc([C@H](CC(=O)NCCN3CCOCC3)C(C)(C)C)c3ccccc32)cc1. The zero-order chi connectivity index (χ0) is 24.8. The maximum Gasteiger partial charge on any atom is 0.220 e. The minimum absolute atomic E-state index is 0.0589. The van der Waals surface area contributed by atoms with Crippen LogP contribution in [0.1, 0.15) is 44.2 Å². The molecule has 0 bridgehead atoms. The number of nitrogens with zero attached hydrogens (tertiary/aromatic N) is 2. The summed E-state index contributed by atoms with van der Waals surface area (Å²) in [6.07, 6.45) is 2.73. The van der Waals surface area contributed by atoms with E-state index in [1.54, 1.807) is 7.11 Å². The number of benzene rings is 2. The molecule has 2 aromatic carbocycles. The second-order valence-corrected chi connectivity index (χ2v) is 10.5. The molecule has 1 fully saturated rings. The Hall–Kier alpha value is -2.83. The summed E-state index contributed by atoms with van der Waals surface area (Å²) in [6, 6.07) is 16.7. The molecule has 1 N–H and O–H groups in total. The van der Waals surface area contributed by atoms with Gasteiger partial charge in [0.25, 0.3) is 0 Å². The predicted molar refractivity (Wildman–Crippen MR) is 141 cm³/mol. The summed E-state index contributed by atoms with van der Waals surface area (Å²) in [5.74, 6) is 1.08. The Labute approximate surface area is 209 Å². The van der Waals surface area contributed by atoms with Gasteiger partial charge >= 0.3 is 0 Å². The first-order valence-electron chi connectivity index (χ1n) is 12.6. The van der Waals surface area contributed by atoms with E-state index in [4.69, 9.17) is 9.47 Å². The Morgan fingerprint density at radius 3 is 2.49 bits per heavy atom. The molecule has 1 aliphatic heterocycles. The summed E-state index contributed by atoms with van der Waals surface area (Å²) < 4.78 is 13.0. The van der Waals surface area contributed by atoms with Gasteiger partial charge in [-0.15, -0.1) is 0 Å². The lowest BCUT2D eigenvalue weighted by Gasteiger charge is -2.31. The van der Waals surface area contributed by atoms with E-state index >= 15 is 0 Å². The molecule has 0 aliphatic carbocycles. The Morgan fingerprint density at radius 2 is 1.80 bits per heavy atom. The molecule has 35 heavy (non-hydrogen) atoms. The first kappa shape index (κ1) is 25.3. The molecule has 1 atom stereocenters. The second kappa shape index (κ2) is 11.3. The average Bonchev–Trinajstić information content (AvgIpc) is 3.21. The minimum atomic E-state index is -0.0589. The lowest BCUT2D eigenvalue weighted by Crippen LogP contribution is -2.41. The number of aromatic nitrogens is 1. The lowest BCUT2D eigenvalue weighted by molar-refractivity contribution is -0.122. The fraction of sp³-hybridized carbons (Fsp3) is 0.483. The van der Waals surface area contributed by atoms with Crippen LogP contribution in [0.3, 0.4) is 0 Å². The number of nitrogens with one attached hydrogen (secondary N) is 1. The number of ether oxygens (including phenoxy) is 2. The number of para-hydroxylation sites is 1. The quantitative estimate of drug-likeness (QED) is 0.487. The summed E-state index contributed by atoms with van der Waals surface area (Å²) in [6.45, 7) is 12.4. The third kappa shape index (κ3) is 6.44. The third-order valence-electron chi connectivity index (χ3n) is 7.00. The molecule has 2 heterocycles. The van der Waals surface area contributed by atoms with Crippen LogP contribution in [0.5, 0.6) is 5.75 Å². The van der Waals surface area contributed by atoms with Crippen molar-refractivity contribution in [3.05, 3.63) is 65.9 Å². The molecular weight excluding hydrogens is 438 g/mol. The number of carbonyl (C=O) groups excluding carboxylic acids is 1. The molecule has 3 aromatic rings. The summed E-state index contributed by atoms with van der Waals surface area (Å²) in [4.78, 5) is 15.4. The van der Waals surface area contributed by atoms with Gasteiger partial charge in [0.2, 0.25) is 5.91 Å². The zero-order valence-corrected chi connectivity index (χ0v) is 21.5. The Kier molecular flexibility index (Phi) is 8.14. The van der Waals surface area contributed by atoms with Gasteiger partial charge in [-0.05, 0) is 40.7 Å². The number of methoxy groups -OCH3 is 1. The monoisotopic (exact) mass is 477 g/mol. The summed E-state index contributed by atoms with van der Waals surface area (Å²) >= 11 is 0. The molecule has 1 saturated heterocycles. The average molecular weight is 478 g/mol. The van der Waals surface area contributed by atoms with Crippen molar-refractivity contribution in [3.8, 4) is 5.75 Å². The van der Waals surface area contributed by atoms with Crippen molar-refractivity contribution >= 4 is 16.8 Å². The maximum absolute atomic E-state index is 13.0. The highest BCUT2D eigenvalue weighted by molar-refractivity contribution is 5.86. The van der Waals surface area contributed by atoms with Gasteiger partial charge in [-0.2, -0.15) is 0 Å². The largest absolute Gasteiger partial charge is 0.497 e. The van der Waals surface area contributed by atoms with Gasteiger partial charge in [-0.1, -0.05) is 51.1 Å². The van der Waals surface area contributed by atoms with Crippen LogP contribution < -0.4 is 10.1 Å². The molecule has 0 saturated carbocycles. The van der Waals surface area contributed by atoms with Crippen LogP contribution >= 0.6 is 0 Å². The molecule has 4 rings (SSSR count). The molecule has 0 unspecified atom stereocenters. The Morgan fingerprint density at radius 1 is 1.09 bits per heavy atom. The lowest BCUT2D eigenvalue weighted by atomic mass is 9.74. The van der Waals surface area contributed by atoms with Gasteiger partial charge in [0.05, 0.1) is 20.3 Å². The summed E-state index contributed by atoms with van der Waals surface area (Å²) in [7, 11) is 1.69. The van der Waals surface area contributed by atoms with Gasteiger partial charge in [-0.3, -0.25) is 9.69 Å². The van der Waals surface area contributed by atoms with Crippen molar-refractivity contribution in [3.63, 3.8) is 0 Å². The first-order chi connectivity index (χ1) is 16.8. The van der Waals surface area contributed by atoms with Gasteiger partial charge in [0.1, 0.15) is 5.75 Å². The number of carbonyl (C=O) groups is 1. The van der Waals surface area contributed by atoms with E-state index in [2.05, 4.69) is 78.2 Å². The van der Waals surface area contributed by atoms with Crippen LogP contribution in [-0.4, -0.2) is 61.9 Å². The van der Waals surface area contributed by atoms with Gasteiger partial charge < -0.3 is 19.4 Å². The van der Waals surface area contributed by atoms with Crippen molar-refractivity contribution in [2.24, 2.45) is 5.41 Å². The molecular formula is C29H39N3O3. The van der Waals surface area contributed by atoms with E-state index < -0.39 is 0 Å². The standard InChI is InChI=1S/C29H39N3O3/c1-29(2,3)26(19-28(33)30-13-14-31-15-17-35-18-16-31)25-21-32(27-8-6-5-7-24(25)27)20-22-9-11-23(34-4)12-10-22/h5-12,21,26H,13-20H2,1-4H3,(H,30,33)/t26-/m0/s1. The van der Waals surface area contributed by atoms with Crippen molar-refractivity contribution in [2.45, 2.75) is 39.7 Å². The van der Waals surface area contributed by atoms with Crippen molar-refractivity contribution in [1.82, 2.24) is 14.8 Å². The van der Waals surface area contributed by atoms with Crippen molar-refractivity contribution in [1.29, 1.82) is 0 Å². The maximum atomic E-state index is 13.0. The molecule has 6 nitrogen and oxygen atoms in total. The zero-order valence-electron chi connectivity index (χ0n) is 21.5. The molecule has 0 spiro atoms. The van der Waals surface area contributed by atoms with E-state index in [0.29, 0.717) is 13.0 Å². The predicted octanol–water partition coefficient (Wildman–Crippen LogP) is 4.67. The van der Waals surface area contributed by atoms with Crippen molar-refractivity contribution in [2.75, 3.05) is 46.5 Å². The van der Waals surface area contributed by atoms with Crippen molar-refractivity contribution < 1.29 is 14.3 Å². The van der Waals surface area contributed by atoms with Crippen LogP contribution in [0.2, 0.25) is 0 Å². The molecule has 0 radical (unpaired) electrons. The number of fused-ring (bicyclic) bond motifs is 1. The Bertz CT molecular complexity index is 1110. The van der Waals surface area contributed by atoms with E-state index in [0.717, 1.165) is 45.1 Å². The fourth-order valence-electron chi connectivity index (χ4n) is 4.93. The summed E-state index contributed by atoms with van der Waals surface area (Å²) in [5.41, 5.74) is 3.59. The number of hydrogen-bond acceptors (Lipinski definition) is 4. The van der Waals surface area contributed by atoms with Crippen LogP contribution in [-0.2, 0) is 16.1 Å². The number of rotatable bonds is 9. The molecule has 1 aliphatic rings. The smallest absolute Gasteiger partial charge is 0.220 e. The Balaban J connectivity index is 1.52. The van der Waals surface area contributed by atoms with Gasteiger partial charge in [0.15, 0.2) is 0 Å².